The van der Waals surface area contributed by atoms with Gasteiger partial charge < -0.3 is 10.0 Å². The van der Waals surface area contributed by atoms with Crippen LogP contribution in [0, 0.1) is 5.92 Å². The number of rotatable bonds is 4. The predicted octanol–water partition coefficient (Wildman–Crippen LogP) is 1.35. The summed E-state index contributed by atoms with van der Waals surface area (Å²) in [7, 11) is -3.44. The van der Waals surface area contributed by atoms with Crippen LogP contribution >= 0.6 is 0 Å². The molecule has 5 nitrogen and oxygen atoms in total. The Bertz CT molecular complexity index is 532. The minimum absolute atomic E-state index is 0.0747. The number of hydrogen-bond acceptors (Lipinski definition) is 4. The minimum Gasteiger partial charge on any atom is -0.508 e. The fourth-order valence-corrected chi connectivity index (χ4v) is 3.86. The molecule has 112 valence electrons. The number of nitrogens with zero attached hydrogens (tertiary/aromatic N) is 2. The Kier molecular flexibility index (Phi) is 4.67. The zero-order valence-corrected chi connectivity index (χ0v) is 12.8. The summed E-state index contributed by atoms with van der Waals surface area (Å²) in [4.78, 5) is 2.54. The number of phenols is 1. The van der Waals surface area contributed by atoms with Gasteiger partial charge in [-0.1, -0.05) is 13.8 Å². The first-order valence-electron chi connectivity index (χ1n) is 6.91. The second-order valence-electron chi connectivity index (χ2n) is 5.59. The maximum absolute atomic E-state index is 12.5. The molecule has 0 radical (unpaired) electrons. The van der Waals surface area contributed by atoms with Crippen LogP contribution in [0.3, 0.4) is 0 Å². The van der Waals surface area contributed by atoms with E-state index in [2.05, 4.69) is 18.7 Å². The standard InChI is InChI=1S/C14H22N2O3S/c1-12(2)11-15-7-9-16(10-8-15)20(18,19)14-5-3-13(17)4-6-14/h3-6,12,17H,7-11H2,1-2H3. The number of phenolic OH excluding ortho intramolecular Hbond substituents is 1. The van der Waals surface area contributed by atoms with Crippen LogP contribution in [0.5, 0.6) is 5.75 Å². The van der Waals surface area contributed by atoms with Crippen molar-refractivity contribution in [3.05, 3.63) is 24.3 Å². The van der Waals surface area contributed by atoms with Gasteiger partial charge in [-0.15, -0.1) is 0 Å². The van der Waals surface area contributed by atoms with Crippen LogP contribution in [0.2, 0.25) is 0 Å². The summed E-state index contributed by atoms with van der Waals surface area (Å²) in [5.41, 5.74) is 0. The summed E-state index contributed by atoms with van der Waals surface area (Å²) < 4.78 is 26.4. The first-order valence-corrected chi connectivity index (χ1v) is 8.35. The molecule has 0 saturated carbocycles. The third-order valence-corrected chi connectivity index (χ3v) is 5.34. The lowest BCUT2D eigenvalue weighted by molar-refractivity contribution is 0.172. The maximum atomic E-state index is 12.5. The second kappa shape index (κ2) is 6.11. The van der Waals surface area contributed by atoms with Crippen LogP contribution in [0.4, 0.5) is 0 Å². The van der Waals surface area contributed by atoms with Crippen molar-refractivity contribution < 1.29 is 13.5 Å². The Morgan fingerprint density at radius 1 is 1.10 bits per heavy atom. The van der Waals surface area contributed by atoms with E-state index in [4.69, 9.17) is 0 Å². The molecule has 0 aromatic heterocycles. The van der Waals surface area contributed by atoms with E-state index >= 15 is 0 Å². The topological polar surface area (TPSA) is 60.9 Å². The molecular weight excluding hydrogens is 276 g/mol. The van der Waals surface area contributed by atoms with Gasteiger partial charge in [-0.25, -0.2) is 8.42 Å². The van der Waals surface area contributed by atoms with Crippen LogP contribution in [-0.4, -0.2) is 55.5 Å². The van der Waals surface area contributed by atoms with E-state index in [9.17, 15) is 13.5 Å². The molecule has 1 aromatic rings. The molecule has 1 aliphatic rings. The molecule has 1 saturated heterocycles. The van der Waals surface area contributed by atoms with E-state index in [-0.39, 0.29) is 10.6 Å². The molecule has 0 atom stereocenters. The Hall–Kier alpha value is -1.11. The minimum atomic E-state index is -3.44. The maximum Gasteiger partial charge on any atom is 0.243 e. The molecule has 6 heteroatoms. The molecule has 1 aliphatic heterocycles. The van der Waals surface area contributed by atoms with Crippen LogP contribution in [0.15, 0.2) is 29.2 Å². The van der Waals surface area contributed by atoms with E-state index in [1.165, 1.54) is 28.6 Å². The van der Waals surface area contributed by atoms with E-state index in [1.807, 2.05) is 0 Å². The first kappa shape index (κ1) is 15.3. The third kappa shape index (κ3) is 3.50. The van der Waals surface area contributed by atoms with Gasteiger partial charge in [0.15, 0.2) is 0 Å². The summed E-state index contributed by atoms with van der Waals surface area (Å²) in [6, 6.07) is 5.71. The highest BCUT2D eigenvalue weighted by molar-refractivity contribution is 7.89. The number of benzene rings is 1. The SMILES string of the molecule is CC(C)CN1CCN(S(=O)(=O)c2ccc(O)cc2)CC1. The van der Waals surface area contributed by atoms with Gasteiger partial charge in [0.1, 0.15) is 5.75 Å². The number of aromatic hydroxyl groups is 1. The molecule has 2 rings (SSSR count). The van der Waals surface area contributed by atoms with Crippen molar-refractivity contribution in [3.63, 3.8) is 0 Å². The molecule has 20 heavy (non-hydrogen) atoms. The Morgan fingerprint density at radius 2 is 1.65 bits per heavy atom. The highest BCUT2D eigenvalue weighted by Gasteiger charge is 2.28. The summed E-state index contributed by atoms with van der Waals surface area (Å²) >= 11 is 0. The van der Waals surface area contributed by atoms with Gasteiger partial charge in [-0.2, -0.15) is 4.31 Å². The molecule has 0 unspecified atom stereocenters. The van der Waals surface area contributed by atoms with Gasteiger partial charge in [-0.05, 0) is 30.2 Å². The molecule has 0 bridgehead atoms. The first-order chi connectivity index (χ1) is 9.39. The van der Waals surface area contributed by atoms with E-state index in [1.54, 1.807) is 0 Å². The zero-order chi connectivity index (χ0) is 14.8. The summed E-state index contributed by atoms with van der Waals surface area (Å²) in [6.45, 7) is 7.93. The van der Waals surface area contributed by atoms with Crippen molar-refractivity contribution in [1.82, 2.24) is 9.21 Å². The monoisotopic (exact) mass is 298 g/mol. The highest BCUT2D eigenvalue weighted by atomic mass is 32.2. The van der Waals surface area contributed by atoms with Crippen molar-refractivity contribution in [3.8, 4) is 5.75 Å². The number of piperazine rings is 1. The van der Waals surface area contributed by atoms with E-state index in [0.29, 0.717) is 19.0 Å². The molecule has 0 spiro atoms. The zero-order valence-electron chi connectivity index (χ0n) is 12.0. The Labute approximate surface area is 120 Å². The van der Waals surface area contributed by atoms with Gasteiger partial charge in [0.05, 0.1) is 4.90 Å². The summed E-state index contributed by atoms with van der Waals surface area (Å²) in [5.74, 6) is 0.668. The lowest BCUT2D eigenvalue weighted by atomic mass is 10.2. The average molecular weight is 298 g/mol. The quantitative estimate of drug-likeness (QED) is 0.911. The number of hydrogen-bond donors (Lipinski definition) is 1. The highest BCUT2D eigenvalue weighted by Crippen LogP contribution is 2.20. The second-order valence-corrected chi connectivity index (χ2v) is 7.53. The smallest absolute Gasteiger partial charge is 0.243 e. The molecule has 1 aromatic carbocycles. The lowest BCUT2D eigenvalue weighted by Crippen LogP contribution is -2.49. The Balaban J connectivity index is 2.04. The molecule has 1 heterocycles. The molecule has 1 fully saturated rings. The number of sulfonamides is 1. The van der Waals surface area contributed by atoms with E-state index in [0.717, 1.165) is 19.6 Å². The predicted molar refractivity (Wildman–Crippen MR) is 78.1 cm³/mol. The fraction of sp³-hybridized carbons (Fsp3) is 0.571. The van der Waals surface area contributed by atoms with Crippen LogP contribution < -0.4 is 0 Å². The van der Waals surface area contributed by atoms with Crippen molar-refractivity contribution in [2.75, 3.05) is 32.7 Å². The molecule has 0 aliphatic carbocycles. The lowest BCUT2D eigenvalue weighted by Gasteiger charge is -2.34. The average Bonchev–Trinajstić information content (AvgIpc) is 2.39. The van der Waals surface area contributed by atoms with E-state index < -0.39 is 10.0 Å². The Morgan fingerprint density at radius 3 is 2.15 bits per heavy atom. The normalized spacial score (nSPS) is 18.6. The van der Waals surface area contributed by atoms with Crippen molar-refractivity contribution in [1.29, 1.82) is 0 Å². The van der Waals surface area contributed by atoms with Gasteiger partial charge in [0.25, 0.3) is 0 Å². The van der Waals surface area contributed by atoms with Gasteiger partial charge in [0, 0.05) is 32.7 Å². The largest absolute Gasteiger partial charge is 0.508 e. The molecule has 0 amide bonds. The van der Waals surface area contributed by atoms with Gasteiger partial charge in [-0.3, -0.25) is 0 Å². The summed E-state index contributed by atoms with van der Waals surface area (Å²) in [6.07, 6.45) is 0. The third-order valence-electron chi connectivity index (χ3n) is 3.43. The van der Waals surface area contributed by atoms with Gasteiger partial charge in [0.2, 0.25) is 10.0 Å². The summed E-state index contributed by atoms with van der Waals surface area (Å²) in [5, 5.41) is 9.24. The molecular formula is C14H22N2O3S. The van der Waals surface area contributed by atoms with Crippen LogP contribution in [0.1, 0.15) is 13.8 Å². The van der Waals surface area contributed by atoms with Crippen LogP contribution in [-0.2, 0) is 10.0 Å². The van der Waals surface area contributed by atoms with Crippen LogP contribution in [0.25, 0.3) is 0 Å². The van der Waals surface area contributed by atoms with Gasteiger partial charge >= 0.3 is 0 Å². The van der Waals surface area contributed by atoms with Crippen molar-refractivity contribution in [2.24, 2.45) is 5.92 Å². The van der Waals surface area contributed by atoms with Crippen molar-refractivity contribution in [2.45, 2.75) is 18.7 Å². The van der Waals surface area contributed by atoms with Crippen molar-refractivity contribution >= 4 is 10.0 Å². The molecule has 1 N–H and O–H groups in total. The fourth-order valence-electron chi connectivity index (χ4n) is 2.44.